The highest BCUT2D eigenvalue weighted by atomic mass is 16.3. The summed E-state index contributed by atoms with van der Waals surface area (Å²) in [6, 6.07) is 7.93. The maximum Gasteiger partial charge on any atom is 0.139 e. The Hall–Kier alpha value is -1.44. The summed E-state index contributed by atoms with van der Waals surface area (Å²) in [6.45, 7) is 0. The second kappa shape index (κ2) is 4.44. The molecule has 17 heavy (non-hydrogen) atoms. The number of aromatic hydroxyl groups is 1. The number of hydrogen-bond acceptors (Lipinski definition) is 1. The molecule has 1 heterocycles. The molecule has 0 unspecified atom stereocenters. The third-order valence-electron chi connectivity index (χ3n) is 3.95. The zero-order valence-corrected chi connectivity index (χ0v) is 10.1. The van der Waals surface area contributed by atoms with Crippen LogP contribution in [-0.2, 0) is 0 Å². The van der Waals surface area contributed by atoms with Crippen LogP contribution in [0.2, 0.25) is 0 Å². The lowest BCUT2D eigenvalue weighted by atomic mass is 9.97. The monoisotopic (exact) mass is 229 g/mol. The van der Waals surface area contributed by atoms with Crippen LogP contribution in [0.3, 0.4) is 0 Å². The average molecular weight is 229 g/mol. The van der Waals surface area contributed by atoms with Crippen molar-refractivity contribution >= 4 is 10.9 Å². The van der Waals surface area contributed by atoms with Gasteiger partial charge < -0.3 is 10.1 Å². The molecule has 1 aromatic heterocycles. The predicted octanol–water partition coefficient (Wildman–Crippen LogP) is 4.31. The first-order valence-corrected chi connectivity index (χ1v) is 6.65. The first-order valence-electron chi connectivity index (χ1n) is 6.65. The highest BCUT2D eigenvalue weighted by Gasteiger charge is 2.16. The van der Waals surface area contributed by atoms with E-state index in [-0.39, 0.29) is 0 Å². The first-order chi connectivity index (χ1) is 8.34. The molecule has 1 aliphatic carbocycles. The van der Waals surface area contributed by atoms with E-state index in [0.717, 1.165) is 10.9 Å². The summed E-state index contributed by atoms with van der Waals surface area (Å²) in [7, 11) is 0. The maximum atomic E-state index is 9.81. The van der Waals surface area contributed by atoms with Crippen LogP contribution in [0.15, 0.2) is 24.3 Å². The Morgan fingerprint density at radius 2 is 1.82 bits per heavy atom. The van der Waals surface area contributed by atoms with Crippen molar-refractivity contribution in [3.63, 3.8) is 0 Å². The molecule has 3 rings (SSSR count). The van der Waals surface area contributed by atoms with Gasteiger partial charge in [0.15, 0.2) is 0 Å². The summed E-state index contributed by atoms with van der Waals surface area (Å²) in [5.41, 5.74) is 2.20. The number of H-pyrrole nitrogens is 1. The molecular formula is C15H19NO. The van der Waals surface area contributed by atoms with Gasteiger partial charge in [-0.2, -0.15) is 0 Å². The lowest BCUT2D eigenvalue weighted by molar-refractivity contribution is 0.480. The van der Waals surface area contributed by atoms with Crippen molar-refractivity contribution in [1.82, 2.24) is 4.98 Å². The summed E-state index contributed by atoms with van der Waals surface area (Å²) in [4.78, 5) is 3.41. The molecular weight excluding hydrogens is 210 g/mol. The smallest absolute Gasteiger partial charge is 0.139 e. The summed E-state index contributed by atoms with van der Waals surface area (Å²) < 4.78 is 0. The number of hydrogen-bond donors (Lipinski definition) is 2. The highest BCUT2D eigenvalue weighted by Crippen LogP contribution is 2.34. The SMILES string of the molecule is Oc1cccc2cc(C3CCCCCC3)[nH]c12. The fourth-order valence-electron chi connectivity index (χ4n) is 2.97. The molecule has 1 saturated carbocycles. The average Bonchev–Trinajstić information content (AvgIpc) is 2.59. The molecule has 0 spiro atoms. The first kappa shape index (κ1) is 10.7. The number of nitrogens with one attached hydrogen (secondary N) is 1. The number of phenolic OH excluding ortho intramolecular Hbond substituents is 1. The Morgan fingerprint density at radius 3 is 2.53 bits per heavy atom. The molecule has 2 heteroatoms. The van der Waals surface area contributed by atoms with Crippen molar-refractivity contribution in [2.45, 2.75) is 44.4 Å². The van der Waals surface area contributed by atoms with Gasteiger partial charge in [-0.3, -0.25) is 0 Å². The number of para-hydroxylation sites is 1. The van der Waals surface area contributed by atoms with Crippen LogP contribution in [-0.4, -0.2) is 10.1 Å². The van der Waals surface area contributed by atoms with Gasteiger partial charge in [-0.15, -0.1) is 0 Å². The maximum absolute atomic E-state index is 9.81. The molecule has 2 N–H and O–H groups in total. The molecule has 0 radical (unpaired) electrons. The van der Waals surface area contributed by atoms with E-state index in [0.29, 0.717) is 11.7 Å². The van der Waals surface area contributed by atoms with Crippen LogP contribution in [0.1, 0.15) is 50.1 Å². The second-order valence-corrected chi connectivity index (χ2v) is 5.15. The molecule has 2 nitrogen and oxygen atoms in total. The number of phenols is 1. The van der Waals surface area contributed by atoms with Gasteiger partial charge in [-0.1, -0.05) is 37.8 Å². The highest BCUT2D eigenvalue weighted by molar-refractivity contribution is 5.85. The predicted molar refractivity (Wildman–Crippen MR) is 70.4 cm³/mol. The van der Waals surface area contributed by atoms with Crippen LogP contribution in [0.5, 0.6) is 5.75 Å². The largest absolute Gasteiger partial charge is 0.506 e. The van der Waals surface area contributed by atoms with E-state index in [4.69, 9.17) is 0 Å². The molecule has 0 aliphatic heterocycles. The van der Waals surface area contributed by atoms with Gasteiger partial charge in [0.05, 0.1) is 5.52 Å². The van der Waals surface area contributed by atoms with Crippen molar-refractivity contribution in [2.75, 3.05) is 0 Å². The fraction of sp³-hybridized carbons (Fsp3) is 0.467. The molecule has 0 amide bonds. The van der Waals surface area contributed by atoms with Crippen LogP contribution in [0.25, 0.3) is 10.9 Å². The molecule has 90 valence electrons. The minimum absolute atomic E-state index is 0.363. The Kier molecular flexibility index (Phi) is 2.79. The summed E-state index contributed by atoms with van der Waals surface area (Å²) in [5, 5.41) is 10.9. The van der Waals surface area contributed by atoms with Crippen molar-refractivity contribution in [1.29, 1.82) is 0 Å². The zero-order valence-electron chi connectivity index (χ0n) is 10.1. The van der Waals surface area contributed by atoms with Gasteiger partial charge in [0.1, 0.15) is 5.75 Å². The number of aromatic amines is 1. The van der Waals surface area contributed by atoms with E-state index in [1.807, 2.05) is 6.07 Å². The van der Waals surface area contributed by atoms with E-state index >= 15 is 0 Å². The fourth-order valence-corrected chi connectivity index (χ4v) is 2.97. The van der Waals surface area contributed by atoms with E-state index in [1.54, 1.807) is 6.07 Å². The van der Waals surface area contributed by atoms with Gasteiger partial charge >= 0.3 is 0 Å². The third kappa shape index (κ3) is 2.04. The van der Waals surface area contributed by atoms with Crippen molar-refractivity contribution in [3.05, 3.63) is 30.0 Å². The van der Waals surface area contributed by atoms with Gasteiger partial charge in [0, 0.05) is 11.1 Å². The molecule has 1 aliphatic rings. The number of fused-ring (bicyclic) bond motifs is 1. The molecule has 1 aromatic carbocycles. The quantitative estimate of drug-likeness (QED) is 0.702. The van der Waals surface area contributed by atoms with Crippen LogP contribution in [0, 0.1) is 0 Å². The lowest BCUT2D eigenvalue weighted by Crippen LogP contribution is -1.96. The Bertz CT molecular complexity index is 507. The Balaban J connectivity index is 1.96. The van der Waals surface area contributed by atoms with Crippen molar-refractivity contribution in [2.24, 2.45) is 0 Å². The van der Waals surface area contributed by atoms with Crippen molar-refractivity contribution in [3.8, 4) is 5.75 Å². The molecule has 0 saturated heterocycles. The number of aromatic nitrogens is 1. The second-order valence-electron chi connectivity index (χ2n) is 5.15. The Labute approximate surface area is 102 Å². The van der Waals surface area contributed by atoms with Crippen LogP contribution >= 0.6 is 0 Å². The molecule has 0 bridgehead atoms. The van der Waals surface area contributed by atoms with Gasteiger partial charge in [-0.05, 0) is 30.9 Å². The van der Waals surface area contributed by atoms with Crippen LogP contribution < -0.4 is 0 Å². The zero-order chi connectivity index (χ0) is 11.7. The van der Waals surface area contributed by atoms with Gasteiger partial charge in [0.2, 0.25) is 0 Å². The van der Waals surface area contributed by atoms with E-state index in [2.05, 4.69) is 17.1 Å². The Morgan fingerprint density at radius 1 is 1.06 bits per heavy atom. The van der Waals surface area contributed by atoms with Crippen LogP contribution in [0.4, 0.5) is 0 Å². The summed E-state index contributed by atoms with van der Waals surface area (Å²) in [5.74, 6) is 1.02. The minimum atomic E-state index is 0.363. The molecule has 1 fully saturated rings. The summed E-state index contributed by atoms with van der Waals surface area (Å²) in [6.07, 6.45) is 8.00. The number of rotatable bonds is 1. The lowest BCUT2D eigenvalue weighted by Gasteiger charge is -2.11. The van der Waals surface area contributed by atoms with E-state index in [1.165, 1.54) is 44.2 Å². The minimum Gasteiger partial charge on any atom is -0.506 e. The van der Waals surface area contributed by atoms with E-state index in [9.17, 15) is 5.11 Å². The standard InChI is InChI=1S/C15H19NO/c17-14-9-5-8-12-10-13(16-15(12)14)11-6-3-1-2-4-7-11/h5,8-11,16-17H,1-4,6-7H2. The van der Waals surface area contributed by atoms with Crippen molar-refractivity contribution < 1.29 is 5.11 Å². The number of benzene rings is 1. The third-order valence-corrected chi connectivity index (χ3v) is 3.95. The van der Waals surface area contributed by atoms with Gasteiger partial charge in [-0.25, -0.2) is 0 Å². The molecule has 2 aromatic rings. The topological polar surface area (TPSA) is 36.0 Å². The van der Waals surface area contributed by atoms with E-state index < -0.39 is 0 Å². The normalized spacial score (nSPS) is 18.4. The molecule has 0 atom stereocenters. The van der Waals surface area contributed by atoms with Gasteiger partial charge in [0.25, 0.3) is 0 Å². The summed E-state index contributed by atoms with van der Waals surface area (Å²) >= 11 is 0.